The normalized spacial score (nSPS) is 15.2. The largest absolute Gasteiger partial charge is 0.355 e. The number of halogens is 1. The molecule has 1 saturated heterocycles. The summed E-state index contributed by atoms with van der Waals surface area (Å²) in [6.45, 7) is 9.66. The number of nitrogens with zero attached hydrogens (tertiary/aromatic N) is 3. The first-order valence-electron chi connectivity index (χ1n) is 9.05. The lowest BCUT2D eigenvalue weighted by molar-refractivity contribution is -0.120. The molecule has 1 aliphatic heterocycles. The standard InChI is InChI=1S/C19H26ClN5O/c1-14-18(13-19(26)22-9-12-24-10-7-21-8-11-24)15(2)25(23-14)17-5-3-16(20)4-6-17/h3-6,21H,7-13H2,1-2H3,(H,22,26). The van der Waals surface area contributed by atoms with Crippen molar-refractivity contribution in [3.8, 4) is 5.69 Å². The van der Waals surface area contributed by atoms with Crippen LogP contribution in [0.3, 0.4) is 0 Å². The van der Waals surface area contributed by atoms with Crippen molar-refractivity contribution in [1.29, 1.82) is 0 Å². The molecular weight excluding hydrogens is 350 g/mol. The average Bonchev–Trinajstić information content (AvgIpc) is 2.91. The van der Waals surface area contributed by atoms with Crippen LogP contribution in [-0.2, 0) is 11.2 Å². The first-order chi connectivity index (χ1) is 12.5. The van der Waals surface area contributed by atoms with Crippen molar-refractivity contribution in [3.63, 3.8) is 0 Å². The van der Waals surface area contributed by atoms with Crippen molar-refractivity contribution in [2.75, 3.05) is 39.3 Å². The van der Waals surface area contributed by atoms with Gasteiger partial charge in [-0.05, 0) is 38.1 Å². The Morgan fingerprint density at radius 3 is 2.62 bits per heavy atom. The fourth-order valence-corrected chi connectivity index (χ4v) is 3.40. The maximum atomic E-state index is 12.4. The van der Waals surface area contributed by atoms with E-state index in [1.165, 1.54) is 0 Å². The molecule has 26 heavy (non-hydrogen) atoms. The maximum Gasteiger partial charge on any atom is 0.224 e. The fraction of sp³-hybridized carbons (Fsp3) is 0.474. The SMILES string of the molecule is Cc1nn(-c2ccc(Cl)cc2)c(C)c1CC(=O)NCCN1CCNCC1. The molecule has 1 fully saturated rings. The maximum absolute atomic E-state index is 12.4. The molecule has 140 valence electrons. The third kappa shape index (κ3) is 4.63. The Morgan fingerprint density at radius 1 is 1.23 bits per heavy atom. The molecule has 0 radical (unpaired) electrons. The Balaban J connectivity index is 1.58. The van der Waals surface area contributed by atoms with Gasteiger partial charge in [-0.2, -0.15) is 5.10 Å². The first-order valence-corrected chi connectivity index (χ1v) is 9.43. The molecule has 0 bridgehead atoms. The number of hydrogen-bond donors (Lipinski definition) is 2. The van der Waals surface area contributed by atoms with Crippen LogP contribution in [-0.4, -0.2) is 59.9 Å². The van der Waals surface area contributed by atoms with Crippen molar-refractivity contribution in [3.05, 3.63) is 46.2 Å². The summed E-state index contributed by atoms with van der Waals surface area (Å²) in [5.74, 6) is 0.0435. The van der Waals surface area contributed by atoms with Crippen molar-refractivity contribution in [1.82, 2.24) is 25.3 Å². The monoisotopic (exact) mass is 375 g/mol. The smallest absolute Gasteiger partial charge is 0.224 e. The van der Waals surface area contributed by atoms with Gasteiger partial charge in [-0.25, -0.2) is 4.68 Å². The number of piperazine rings is 1. The van der Waals surface area contributed by atoms with Crippen LogP contribution < -0.4 is 10.6 Å². The Bertz CT molecular complexity index is 750. The molecule has 6 nitrogen and oxygen atoms in total. The molecule has 3 rings (SSSR count). The highest BCUT2D eigenvalue weighted by Crippen LogP contribution is 2.20. The summed E-state index contributed by atoms with van der Waals surface area (Å²) in [5.41, 5.74) is 3.80. The zero-order valence-electron chi connectivity index (χ0n) is 15.4. The second kappa shape index (κ2) is 8.66. The summed E-state index contributed by atoms with van der Waals surface area (Å²) in [6, 6.07) is 7.55. The minimum absolute atomic E-state index is 0.0435. The van der Waals surface area contributed by atoms with Crippen LogP contribution >= 0.6 is 11.6 Å². The molecular formula is C19H26ClN5O. The van der Waals surface area contributed by atoms with E-state index in [0.29, 0.717) is 18.0 Å². The summed E-state index contributed by atoms with van der Waals surface area (Å²) >= 11 is 5.96. The molecule has 1 aromatic carbocycles. The van der Waals surface area contributed by atoms with Gasteiger partial charge < -0.3 is 10.6 Å². The van der Waals surface area contributed by atoms with E-state index in [1.807, 2.05) is 42.8 Å². The third-order valence-electron chi connectivity index (χ3n) is 4.81. The minimum Gasteiger partial charge on any atom is -0.355 e. The van der Waals surface area contributed by atoms with E-state index >= 15 is 0 Å². The lowest BCUT2D eigenvalue weighted by atomic mass is 10.1. The van der Waals surface area contributed by atoms with E-state index in [1.54, 1.807) is 0 Å². The van der Waals surface area contributed by atoms with Crippen LogP contribution in [0.25, 0.3) is 5.69 Å². The van der Waals surface area contributed by atoms with Crippen LogP contribution in [0.5, 0.6) is 0 Å². The zero-order chi connectivity index (χ0) is 18.5. The summed E-state index contributed by atoms with van der Waals surface area (Å²) in [6.07, 6.45) is 0.354. The van der Waals surface area contributed by atoms with Gasteiger partial charge >= 0.3 is 0 Å². The van der Waals surface area contributed by atoms with Crippen LogP contribution in [0, 0.1) is 13.8 Å². The highest BCUT2D eigenvalue weighted by Gasteiger charge is 2.16. The number of benzene rings is 1. The van der Waals surface area contributed by atoms with E-state index in [2.05, 4.69) is 20.6 Å². The Morgan fingerprint density at radius 2 is 1.92 bits per heavy atom. The zero-order valence-corrected chi connectivity index (χ0v) is 16.1. The topological polar surface area (TPSA) is 62.2 Å². The van der Waals surface area contributed by atoms with E-state index < -0.39 is 0 Å². The number of aryl methyl sites for hydroxylation is 1. The number of nitrogens with one attached hydrogen (secondary N) is 2. The van der Waals surface area contributed by atoms with Crippen molar-refractivity contribution in [2.45, 2.75) is 20.3 Å². The molecule has 2 heterocycles. The number of aromatic nitrogens is 2. The summed E-state index contributed by atoms with van der Waals surface area (Å²) in [7, 11) is 0. The minimum atomic E-state index is 0.0435. The molecule has 0 spiro atoms. The number of amides is 1. The molecule has 0 atom stereocenters. The lowest BCUT2D eigenvalue weighted by Crippen LogP contribution is -2.46. The Labute approximate surface area is 159 Å². The van der Waals surface area contributed by atoms with Crippen molar-refractivity contribution in [2.24, 2.45) is 0 Å². The van der Waals surface area contributed by atoms with Gasteiger partial charge in [0.15, 0.2) is 0 Å². The van der Waals surface area contributed by atoms with Crippen LogP contribution in [0.15, 0.2) is 24.3 Å². The highest BCUT2D eigenvalue weighted by molar-refractivity contribution is 6.30. The molecule has 0 aliphatic carbocycles. The van der Waals surface area contributed by atoms with Crippen LogP contribution in [0.1, 0.15) is 17.0 Å². The van der Waals surface area contributed by atoms with Gasteiger partial charge in [-0.15, -0.1) is 0 Å². The second-order valence-corrected chi connectivity index (χ2v) is 7.09. The van der Waals surface area contributed by atoms with Gasteiger partial charge in [0.25, 0.3) is 0 Å². The predicted molar refractivity (Wildman–Crippen MR) is 104 cm³/mol. The van der Waals surface area contributed by atoms with Crippen LogP contribution in [0.2, 0.25) is 5.02 Å². The van der Waals surface area contributed by atoms with Gasteiger partial charge in [0.1, 0.15) is 0 Å². The average molecular weight is 376 g/mol. The van der Waals surface area contributed by atoms with Gasteiger partial charge in [-0.1, -0.05) is 11.6 Å². The molecule has 7 heteroatoms. The van der Waals surface area contributed by atoms with Crippen molar-refractivity contribution < 1.29 is 4.79 Å². The van der Waals surface area contributed by atoms with Gasteiger partial charge in [0.05, 0.1) is 17.8 Å². The van der Waals surface area contributed by atoms with E-state index in [4.69, 9.17) is 11.6 Å². The molecule has 1 amide bonds. The van der Waals surface area contributed by atoms with Crippen LogP contribution in [0.4, 0.5) is 0 Å². The molecule has 2 aromatic rings. The summed E-state index contributed by atoms with van der Waals surface area (Å²) in [4.78, 5) is 14.7. The van der Waals surface area contributed by atoms with Gasteiger partial charge in [0, 0.05) is 55.5 Å². The Hall–Kier alpha value is -1.89. The molecule has 2 N–H and O–H groups in total. The lowest BCUT2D eigenvalue weighted by Gasteiger charge is -2.27. The summed E-state index contributed by atoms with van der Waals surface area (Å²) < 4.78 is 1.87. The van der Waals surface area contributed by atoms with E-state index in [-0.39, 0.29) is 5.91 Å². The number of rotatable bonds is 6. The second-order valence-electron chi connectivity index (χ2n) is 6.66. The molecule has 0 unspecified atom stereocenters. The first kappa shape index (κ1) is 18.9. The molecule has 0 saturated carbocycles. The number of carbonyl (C=O) groups excluding carboxylic acids is 1. The van der Waals surface area contributed by atoms with Crippen molar-refractivity contribution >= 4 is 17.5 Å². The highest BCUT2D eigenvalue weighted by atomic mass is 35.5. The number of carbonyl (C=O) groups is 1. The Kier molecular flexibility index (Phi) is 6.29. The third-order valence-corrected chi connectivity index (χ3v) is 5.06. The van der Waals surface area contributed by atoms with E-state index in [9.17, 15) is 4.79 Å². The quantitative estimate of drug-likeness (QED) is 0.806. The molecule has 1 aromatic heterocycles. The van der Waals surface area contributed by atoms with Gasteiger partial charge in [-0.3, -0.25) is 9.69 Å². The van der Waals surface area contributed by atoms with E-state index in [0.717, 1.165) is 55.4 Å². The summed E-state index contributed by atoms with van der Waals surface area (Å²) in [5, 5.41) is 11.7. The predicted octanol–water partition coefficient (Wildman–Crippen LogP) is 1.71. The fourth-order valence-electron chi connectivity index (χ4n) is 3.28. The van der Waals surface area contributed by atoms with Gasteiger partial charge in [0.2, 0.25) is 5.91 Å². The molecule has 1 aliphatic rings. The number of hydrogen-bond acceptors (Lipinski definition) is 4.